The number of amides is 2. The van der Waals surface area contributed by atoms with E-state index in [1.54, 1.807) is 12.1 Å². The summed E-state index contributed by atoms with van der Waals surface area (Å²) in [7, 11) is 0. The zero-order valence-electron chi connectivity index (χ0n) is 13.3. The van der Waals surface area contributed by atoms with Crippen molar-refractivity contribution in [1.82, 2.24) is 0 Å². The minimum absolute atomic E-state index is 0.135. The average molecular weight is 312 g/mol. The molecule has 2 aromatic carbocycles. The first-order valence-corrected chi connectivity index (χ1v) is 7.40. The van der Waals surface area contributed by atoms with Crippen molar-refractivity contribution < 1.29 is 14.3 Å². The van der Waals surface area contributed by atoms with Gasteiger partial charge in [-0.15, -0.1) is 0 Å². The van der Waals surface area contributed by atoms with Crippen LogP contribution in [0.4, 0.5) is 11.4 Å². The molecular formula is C18H20N2O3. The van der Waals surface area contributed by atoms with Gasteiger partial charge in [0.15, 0.2) is 0 Å². The zero-order valence-corrected chi connectivity index (χ0v) is 13.3. The average Bonchev–Trinajstić information content (AvgIpc) is 2.51. The third-order valence-electron chi connectivity index (χ3n) is 3.17. The van der Waals surface area contributed by atoms with Crippen molar-refractivity contribution >= 4 is 23.2 Å². The van der Waals surface area contributed by atoms with Gasteiger partial charge < -0.3 is 15.4 Å². The lowest BCUT2D eigenvalue weighted by atomic mass is 10.1. The highest BCUT2D eigenvalue weighted by Crippen LogP contribution is 2.20. The molecule has 0 bridgehead atoms. The summed E-state index contributed by atoms with van der Waals surface area (Å²) in [4.78, 5) is 23.1. The quantitative estimate of drug-likeness (QED) is 0.859. The second-order valence-corrected chi connectivity index (χ2v) is 5.17. The molecule has 0 saturated heterocycles. The van der Waals surface area contributed by atoms with Crippen LogP contribution in [0.3, 0.4) is 0 Å². The van der Waals surface area contributed by atoms with Crippen molar-refractivity contribution in [1.29, 1.82) is 0 Å². The minimum Gasteiger partial charge on any atom is -0.493 e. The summed E-state index contributed by atoms with van der Waals surface area (Å²) in [5.41, 5.74) is 2.26. The number of anilines is 2. The number of carbonyl (C=O) groups is 2. The maximum Gasteiger partial charge on any atom is 0.227 e. The molecule has 5 heteroatoms. The normalized spacial score (nSPS) is 10.0. The van der Waals surface area contributed by atoms with Crippen molar-refractivity contribution in [2.45, 2.75) is 20.3 Å². The Labute approximate surface area is 135 Å². The molecule has 0 aliphatic carbocycles. The molecule has 0 unspecified atom stereocenters. The number of ether oxygens (including phenoxy) is 1. The summed E-state index contributed by atoms with van der Waals surface area (Å²) in [6, 6.07) is 14.7. The van der Waals surface area contributed by atoms with E-state index in [1.165, 1.54) is 6.92 Å². The van der Waals surface area contributed by atoms with Crippen molar-refractivity contribution in [3.05, 3.63) is 54.1 Å². The Morgan fingerprint density at radius 3 is 2.48 bits per heavy atom. The van der Waals surface area contributed by atoms with Crippen LogP contribution in [0, 0.1) is 6.92 Å². The van der Waals surface area contributed by atoms with Gasteiger partial charge in [0, 0.05) is 18.3 Å². The Balaban J connectivity index is 1.88. The SMILES string of the molecule is CC(=O)Nc1ccc(C)c(NC(=O)CCOc2ccccc2)c1. The highest BCUT2D eigenvalue weighted by Gasteiger charge is 2.07. The van der Waals surface area contributed by atoms with Gasteiger partial charge in [0.1, 0.15) is 5.75 Å². The molecule has 0 saturated carbocycles. The van der Waals surface area contributed by atoms with Crippen molar-refractivity contribution in [2.75, 3.05) is 17.2 Å². The number of benzene rings is 2. The second-order valence-electron chi connectivity index (χ2n) is 5.17. The van der Waals surface area contributed by atoms with Gasteiger partial charge in [0.25, 0.3) is 0 Å². The van der Waals surface area contributed by atoms with E-state index in [1.807, 2.05) is 43.3 Å². The first kappa shape index (κ1) is 16.5. The summed E-state index contributed by atoms with van der Waals surface area (Å²) in [6.45, 7) is 3.65. The fourth-order valence-corrected chi connectivity index (χ4v) is 2.03. The van der Waals surface area contributed by atoms with E-state index >= 15 is 0 Å². The lowest BCUT2D eigenvalue weighted by molar-refractivity contribution is -0.116. The van der Waals surface area contributed by atoms with Crippen LogP contribution in [0.2, 0.25) is 0 Å². The summed E-state index contributed by atoms with van der Waals surface area (Å²) >= 11 is 0. The van der Waals surface area contributed by atoms with E-state index in [4.69, 9.17) is 4.74 Å². The Morgan fingerprint density at radius 2 is 1.78 bits per heavy atom. The fourth-order valence-electron chi connectivity index (χ4n) is 2.03. The number of hydrogen-bond acceptors (Lipinski definition) is 3. The van der Waals surface area contributed by atoms with Crippen LogP contribution in [0.25, 0.3) is 0 Å². The van der Waals surface area contributed by atoms with Crippen LogP contribution in [0.15, 0.2) is 48.5 Å². The Hall–Kier alpha value is -2.82. The van der Waals surface area contributed by atoms with Crippen LogP contribution in [-0.4, -0.2) is 18.4 Å². The summed E-state index contributed by atoms with van der Waals surface area (Å²) in [6.07, 6.45) is 0.249. The summed E-state index contributed by atoms with van der Waals surface area (Å²) < 4.78 is 5.50. The third kappa shape index (κ3) is 5.47. The standard InChI is InChI=1S/C18H20N2O3/c1-13-8-9-15(19-14(2)21)12-17(13)20-18(22)10-11-23-16-6-4-3-5-7-16/h3-9,12H,10-11H2,1-2H3,(H,19,21)(H,20,22). The molecule has 0 heterocycles. The lowest BCUT2D eigenvalue weighted by Gasteiger charge is -2.11. The minimum atomic E-state index is -0.151. The van der Waals surface area contributed by atoms with E-state index in [2.05, 4.69) is 10.6 Å². The van der Waals surface area contributed by atoms with Gasteiger partial charge in [-0.05, 0) is 36.8 Å². The third-order valence-corrected chi connectivity index (χ3v) is 3.17. The number of hydrogen-bond donors (Lipinski definition) is 2. The van der Waals surface area contributed by atoms with Gasteiger partial charge in [-0.25, -0.2) is 0 Å². The molecule has 2 rings (SSSR count). The first-order chi connectivity index (χ1) is 11.0. The number of aryl methyl sites for hydroxylation is 1. The molecule has 2 amide bonds. The van der Waals surface area contributed by atoms with E-state index in [0.717, 1.165) is 11.3 Å². The van der Waals surface area contributed by atoms with Gasteiger partial charge in [-0.2, -0.15) is 0 Å². The van der Waals surface area contributed by atoms with Crippen molar-refractivity contribution in [3.63, 3.8) is 0 Å². The van der Waals surface area contributed by atoms with Gasteiger partial charge in [-0.1, -0.05) is 24.3 Å². The molecule has 2 aromatic rings. The molecule has 0 spiro atoms. The Bertz CT molecular complexity index is 684. The second kappa shape index (κ2) is 7.98. The predicted octanol–water partition coefficient (Wildman–Crippen LogP) is 3.36. The molecule has 120 valence electrons. The molecule has 0 aliphatic heterocycles. The highest BCUT2D eigenvalue weighted by atomic mass is 16.5. The number of carbonyl (C=O) groups excluding carboxylic acids is 2. The van der Waals surface area contributed by atoms with E-state index in [9.17, 15) is 9.59 Å². The van der Waals surface area contributed by atoms with E-state index in [-0.39, 0.29) is 18.2 Å². The molecule has 0 radical (unpaired) electrons. The molecule has 0 fully saturated rings. The van der Waals surface area contributed by atoms with Crippen LogP contribution in [-0.2, 0) is 9.59 Å². The van der Waals surface area contributed by atoms with Crippen molar-refractivity contribution in [3.8, 4) is 5.75 Å². The van der Waals surface area contributed by atoms with Gasteiger partial charge in [0.2, 0.25) is 11.8 Å². The topological polar surface area (TPSA) is 67.4 Å². The molecule has 0 aromatic heterocycles. The Kier molecular flexibility index (Phi) is 5.74. The number of para-hydroxylation sites is 1. The number of rotatable bonds is 6. The smallest absolute Gasteiger partial charge is 0.227 e. The van der Waals surface area contributed by atoms with Crippen LogP contribution in [0.5, 0.6) is 5.75 Å². The van der Waals surface area contributed by atoms with Crippen molar-refractivity contribution in [2.24, 2.45) is 0 Å². The fraction of sp³-hybridized carbons (Fsp3) is 0.222. The molecule has 2 N–H and O–H groups in total. The van der Waals surface area contributed by atoms with Crippen LogP contribution >= 0.6 is 0 Å². The maximum absolute atomic E-state index is 12.0. The molecule has 5 nitrogen and oxygen atoms in total. The van der Waals surface area contributed by atoms with Crippen LogP contribution < -0.4 is 15.4 Å². The van der Waals surface area contributed by atoms with E-state index < -0.39 is 0 Å². The van der Waals surface area contributed by atoms with Gasteiger partial charge in [-0.3, -0.25) is 9.59 Å². The first-order valence-electron chi connectivity index (χ1n) is 7.40. The Morgan fingerprint density at radius 1 is 1.04 bits per heavy atom. The summed E-state index contributed by atoms with van der Waals surface area (Å²) in [5, 5.41) is 5.54. The lowest BCUT2D eigenvalue weighted by Crippen LogP contribution is -2.16. The highest BCUT2D eigenvalue weighted by molar-refractivity contribution is 5.94. The van der Waals surface area contributed by atoms with Gasteiger partial charge >= 0.3 is 0 Å². The number of nitrogens with one attached hydrogen (secondary N) is 2. The molecule has 0 atom stereocenters. The summed E-state index contributed by atoms with van der Waals surface area (Å²) in [5.74, 6) is 0.454. The van der Waals surface area contributed by atoms with Crippen LogP contribution in [0.1, 0.15) is 18.9 Å². The molecule has 0 aliphatic rings. The monoisotopic (exact) mass is 312 g/mol. The largest absolute Gasteiger partial charge is 0.493 e. The predicted molar refractivity (Wildman–Crippen MR) is 90.7 cm³/mol. The molecular weight excluding hydrogens is 292 g/mol. The zero-order chi connectivity index (χ0) is 16.7. The molecule has 23 heavy (non-hydrogen) atoms. The maximum atomic E-state index is 12.0. The van der Waals surface area contributed by atoms with Gasteiger partial charge in [0.05, 0.1) is 13.0 Å². The van der Waals surface area contributed by atoms with E-state index in [0.29, 0.717) is 18.0 Å².